The lowest BCUT2D eigenvalue weighted by Gasteiger charge is -2.06. The Morgan fingerprint density at radius 1 is 1.05 bits per heavy atom. The molecular formula is C16H14FNO3. The minimum Gasteiger partial charge on any atom is -0.454 e. The van der Waals surface area contributed by atoms with Gasteiger partial charge in [-0.1, -0.05) is 18.2 Å². The lowest BCUT2D eigenvalue weighted by atomic mass is 10.1. The third-order valence-electron chi connectivity index (χ3n) is 3.20. The lowest BCUT2D eigenvalue weighted by molar-refractivity contribution is -0.120. The Hall–Kier alpha value is -2.56. The van der Waals surface area contributed by atoms with E-state index in [-0.39, 0.29) is 24.9 Å². The molecule has 0 saturated heterocycles. The van der Waals surface area contributed by atoms with Crippen LogP contribution in [0.5, 0.6) is 11.5 Å². The van der Waals surface area contributed by atoms with Gasteiger partial charge in [-0.2, -0.15) is 0 Å². The van der Waals surface area contributed by atoms with Gasteiger partial charge in [0, 0.05) is 6.54 Å². The summed E-state index contributed by atoms with van der Waals surface area (Å²) >= 11 is 0. The number of fused-ring (bicyclic) bond motifs is 1. The third kappa shape index (κ3) is 3.31. The van der Waals surface area contributed by atoms with Crippen molar-refractivity contribution in [1.29, 1.82) is 0 Å². The summed E-state index contributed by atoms with van der Waals surface area (Å²) in [5.74, 6) is 0.996. The molecule has 2 aromatic rings. The lowest BCUT2D eigenvalue weighted by Crippen LogP contribution is -2.24. The van der Waals surface area contributed by atoms with Crippen molar-refractivity contribution in [1.82, 2.24) is 5.32 Å². The maximum absolute atomic E-state index is 12.8. The highest BCUT2D eigenvalue weighted by atomic mass is 19.1. The van der Waals surface area contributed by atoms with Crippen LogP contribution in [-0.4, -0.2) is 12.7 Å². The molecule has 1 N–H and O–H groups in total. The molecule has 1 aliphatic rings. The smallest absolute Gasteiger partial charge is 0.231 e. The molecule has 4 nitrogen and oxygen atoms in total. The number of ether oxygens (including phenoxy) is 2. The van der Waals surface area contributed by atoms with Gasteiger partial charge in [0.1, 0.15) is 5.82 Å². The minimum atomic E-state index is -0.306. The Morgan fingerprint density at radius 2 is 1.76 bits per heavy atom. The second-order valence-corrected chi connectivity index (χ2v) is 4.77. The van der Waals surface area contributed by atoms with E-state index in [9.17, 15) is 9.18 Å². The average Bonchev–Trinajstić information content (AvgIpc) is 2.95. The van der Waals surface area contributed by atoms with Crippen molar-refractivity contribution >= 4 is 5.91 Å². The molecule has 108 valence electrons. The molecule has 21 heavy (non-hydrogen) atoms. The molecule has 3 rings (SSSR count). The van der Waals surface area contributed by atoms with E-state index in [1.165, 1.54) is 12.1 Å². The highest BCUT2D eigenvalue weighted by Gasteiger charge is 2.13. The molecule has 2 aromatic carbocycles. The highest BCUT2D eigenvalue weighted by Crippen LogP contribution is 2.32. The number of nitrogens with one attached hydrogen (secondary N) is 1. The molecule has 0 unspecified atom stereocenters. The predicted octanol–water partition coefficient (Wildman–Crippen LogP) is 2.41. The Morgan fingerprint density at radius 3 is 2.57 bits per heavy atom. The Bertz CT molecular complexity index is 655. The summed E-state index contributed by atoms with van der Waals surface area (Å²) in [7, 11) is 0. The van der Waals surface area contributed by atoms with Crippen molar-refractivity contribution in [2.45, 2.75) is 13.0 Å². The van der Waals surface area contributed by atoms with E-state index in [0.29, 0.717) is 12.3 Å². The van der Waals surface area contributed by atoms with Crippen molar-refractivity contribution in [3.8, 4) is 11.5 Å². The fourth-order valence-electron chi connectivity index (χ4n) is 2.10. The van der Waals surface area contributed by atoms with Gasteiger partial charge in [-0.25, -0.2) is 4.39 Å². The van der Waals surface area contributed by atoms with Crippen LogP contribution < -0.4 is 14.8 Å². The second kappa shape index (κ2) is 5.83. The summed E-state index contributed by atoms with van der Waals surface area (Å²) in [6.07, 6.45) is 0.227. The van der Waals surface area contributed by atoms with Crippen molar-refractivity contribution in [3.63, 3.8) is 0 Å². The van der Waals surface area contributed by atoms with Gasteiger partial charge in [0.15, 0.2) is 11.5 Å². The first-order valence-electron chi connectivity index (χ1n) is 6.60. The van der Waals surface area contributed by atoms with E-state index in [1.807, 2.05) is 18.2 Å². The van der Waals surface area contributed by atoms with Gasteiger partial charge in [0.05, 0.1) is 6.42 Å². The Labute approximate surface area is 121 Å². The van der Waals surface area contributed by atoms with Crippen LogP contribution in [0.3, 0.4) is 0 Å². The van der Waals surface area contributed by atoms with E-state index in [2.05, 4.69) is 5.32 Å². The van der Waals surface area contributed by atoms with Crippen LogP contribution in [0, 0.1) is 5.82 Å². The number of hydrogen-bond acceptors (Lipinski definition) is 3. The fraction of sp³-hybridized carbons (Fsp3) is 0.188. The zero-order valence-corrected chi connectivity index (χ0v) is 11.3. The summed E-state index contributed by atoms with van der Waals surface area (Å²) in [6, 6.07) is 11.5. The van der Waals surface area contributed by atoms with Crippen LogP contribution in [0.1, 0.15) is 11.1 Å². The number of amides is 1. The first-order valence-corrected chi connectivity index (χ1v) is 6.60. The molecule has 0 fully saturated rings. The third-order valence-corrected chi connectivity index (χ3v) is 3.20. The standard InChI is InChI=1S/C16H14FNO3/c17-13-4-1-11(2-5-13)8-16(19)18-9-12-3-6-14-15(7-12)21-10-20-14/h1-7H,8-10H2,(H,18,19). The molecule has 0 radical (unpaired) electrons. The van der Waals surface area contributed by atoms with E-state index < -0.39 is 0 Å². The van der Waals surface area contributed by atoms with Crippen molar-refractivity contribution in [2.24, 2.45) is 0 Å². The van der Waals surface area contributed by atoms with Crippen LogP contribution in [0.4, 0.5) is 4.39 Å². The maximum Gasteiger partial charge on any atom is 0.231 e. The van der Waals surface area contributed by atoms with E-state index in [4.69, 9.17) is 9.47 Å². The van der Waals surface area contributed by atoms with Gasteiger partial charge in [-0.05, 0) is 35.4 Å². The topological polar surface area (TPSA) is 47.6 Å². The number of rotatable bonds is 4. The average molecular weight is 287 g/mol. The molecular weight excluding hydrogens is 273 g/mol. The van der Waals surface area contributed by atoms with Crippen LogP contribution >= 0.6 is 0 Å². The molecule has 0 spiro atoms. The number of hydrogen-bond donors (Lipinski definition) is 1. The van der Waals surface area contributed by atoms with Gasteiger partial charge in [-0.3, -0.25) is 4.79 Å². The van der Waals surface area contributed by atoms with Gasteiger partial charge in [-0.15, -0.1) is 0 Å². The van der Waals surface area contributed by atoms with E-state index in [1.54, 1.807) is 12.1 Å². The first-order chi connectivity index (χ1) is 10.2. The second-order valence-electron chi connectivity index (χ2n) is 4.77. The van der Waals surface area contributed by atoms with Gasteiger partial charge < -0.3 is 14.8 Å². The monoisotopic (exact) mass is 287 g/mol. The molecule has 0 saturated carbocycles. The molecule has 0 bridgehead atoms. The molecule has 0 aromatic heterocycles. The quantitative estimate of drug-likeness (QED) is 0.939. The number of halogens is 1. The van der Waals surface area contributed by atoms with E-state index >= 15 is 0 Å². The SMILES string of the molecule is O=C(Cc1ccc(F)cc1)NCc1ccc2c(c1)OCO2. The van der Waals surface area contributed by atoms with Crippen LogP contribution in [-0.2, 0) is 17.8 Å². The molecule has 0 atom stereocenters. The zero-order chi connectivity index (χ0) is 14.7. The summed E-state index contributed by atoms with van der Waals surface area (Å²) < 4.78 is 23.3. The van der Waals surface area contributed by atoms with Gasteiger partial charge in [0.25, 0.3) is 0 Å². The van der Waals surface area contributed by atoms with Gasteiger partial charge in [0.2, 0.25) is 12.7 Å². The van der Waals surface area contributed by atoms with E-state index in [0.717, 1.165) is 16.9 Å². The molecule has 1 amide bonds. The highest BCUT2D eigenvalue weighted by molar-refractivity contribution is 5.78. The normalized spacial score (nSPS) is 12.2. The van der Waals surface area contributed by atoms with Crippen molar-refractivity contribution in [3.05, 3.63) is 59.4 Å². The zero-order valence-electron chi connectivity index (χ0n) is 11.3. The minimum absolute atomic E-state index is 0.112. The number of benzene rings is 2. The van der Waals surface area contributed by atoms with Crippen LogP contribution in [0.25, 0.3) is 0 Å². The van der Waals surface area contributed by atoms with Crippen LogP contribution in [0.15, 0.2) is 42.5 Å². The fourth-order valence-corrected chi connectivity index (χ4v) is 2.10. The van der Waals surface area contributed by atoms with Crippen molar-refractivity contribution < 1.29 is 18.7 Å². The first kappa shape index (κ1) is 13.4. The number of carbonyl (C=O) groups is 1. The summed E-state index contributed by atoms with van der Waals surface area (Å²) in [5.41, 5.74) is 1.71. The largest absolute Gasteiger partial charge is 0.454 e. The van der Waals surface area contributed by atoms with Crippen LogP contribution in [0.2, 0.25) is 0 Å². The Kier molecular flexibility index (Phi) is 3.73. The summed E-state index contributed by atoms with van der Waals surface area (Å²) in [5, 5.41) is 2.82. The maximum atomic E-state index is 12.8. The molecule has 1 heterocycles. The van der Waals surface area contributed by atoms with Crippen molar-refractivity contribution in [2.75, 3.05) is 6.79 Å². The summed E-state index contributed by atoms with van der Waals surface area (Å²) in [4.78, 5) is 11.8. The predicted molar refractivity (Wildman–Crippen MR) is 74.5 cm³/mol. The summed E-state index contributed by atoms with van der Waals surface area (Å²) in [6.45, 7) is 0.645. The Balaban J connectivity index is 1.55. The number of carbonyl (C=O) groups excluding carboxylic acids is 1. The molecule has 5 heteroatoms. The van der Waals surface area contributed by atoms with Gasteiger partial charge >= 0.3 is 0 Å². The molecule has 0 aliphatic carbocycles. The molecule has 1 aliphatic heterocycles.